The molecule has 0 amide bonds. The molecule has 1 aliphatic heterocycles. The van der Waals surface area contributed by atoms with Gasteiger partial charge in [-0.15, -0.1) is 0 Å². The fourth-order valence-corrected chi connectivity index (χ4v) is 3.76. The molecule has 0 saturated carbocycles. The van der Waals surface area contributed by atoms with E-state index in [0.29, 0.717) is 30.0 Å². The lowest BCUT2D eigenvalue weighted by atomic mass is 10.2. The molecule has 1 aliphatic rings. The molecule has 1 fully saturated rings. The number of piperazine rings is 1. The number of carbonyl (C=O) groups excluding carboxylic acids is 1. The zero-order valence-corrected chi connectivity index (χ0v) is 17.7. The van der Waals surface area contributed by atoms with Crippen LogP contribution in [0.2, 0.25) is 0 Å². The second kappa shape index (κ2) is 8.07. The van der Waals surface area contributed by atoms with Crippen molar-refractivity contribution in [2.75, 3.05) is 24.5 Å². The van der Waals surface area contributed by atoms with Gasteiger partial charge >= 0.3 is 0 Å². The van der Waals surface area contributed by atoms with E-state index in [1.807, 2.05) is 11.8 Å². The molecule has 1 unspecified atom stereocenters. The van der Waals surface area contributed by atoms with Crippen molar-refractivity contribution in [3.63, 3.8) is 0 Å². The molecule has 1 saturated heterocycles. The van der Waals surface area contributed by atoms with Crippen molar-refractivity contribution in [3.8, 4) is 0 Å². The molecule has 9 heteroatoms. The third kappa shape index (κ3) is 4.13. The average molecular weight is 426 g/mol. The molecule has 0 bridgehead atoms. The van der Waals surface area contributed by atoms with E-state index in [1.165, 1.54) is 28.0 Å². The topological polar surface area (TPSA) is 66.9 Å². The molecule has 4 rings (SSSR count). The van der Waals surface area contributed by atoms with Crippen LogP contribution in [0.25, 0.3) is 11.3 Å². The summed E-state index contributed by atoms with van der Waals surface area (Å²) in [6.07, 6.45) is 4.88. The highest BCUT2D eigenvalue weighted by atomic mass is 19.1. The first-order valence-electron chi connectivity index (χ1n) is 10.0. The van der Waals surface area contributed by atoms with Gasteiger partial charge in [0.05, 0.1) is 17.1 Å². The van der Waals surface area contributed by atoms with Crippen molar-refractivity contribution >= 4 is 22.9 Å². The summed E-state index contributed by atoms with van der Waals surface area (Å²) in [7, 11) is 0. The van der Waals surface area contributed by atoms with Gasteiger partial charge in [-0.1, -0.05) is 6.58 Å². The molecule has 1 N–H and O–H groups in total. The molecule has 0 spiro atoms. The van der Waals surface area contributed by atoms with Crippen molar-refractivity contribution < 1.29 is 13.6 Å². The summed E-state index contributed by atoms with van der Waals surface area (Å²) < 4.78 is 32.2. The lowest BCUT2D eigenvalue weighted by Crippen LogP contribution is -2.49. The molecule has 3 aromatic rings. The maximum Gasteiger partial charge on any atom is 0.229 e. The van der Waals surface area contributed by atoms with Crippen LogP contribution in [0.3, 0.4) is 0 Å². The van der Waals surface area contributed by atoms with Gasteiger partial charge in [-0.3, -0.25) is 9.36 Å². The minimum Gasteiger partial charge on any atom is -0.367 e. The number of imidazole rings is 1. The number of anilines is 1. The number of aryl methyl sites for hydroxylation is 1. The third-order valence-electron chi connectivity index (χ3n) is 5.25. The Morgan fingerprint density at radius 1 is 1.26 bits per heavy atom. The SMILES string of the molecule is C=C(N=c1c(F)cc(N2CCNC(C)C2)cn1C(C)=O)c1cc(F)c2nc(C)cn2c1. The highest BCUT2D eigenvalue weighted by molar-refractivity contribution is 5.77. The fourth-order valence-electron chi connectivity index (χ4n) is 3.76. The summed E-state index contributed by atoms with van der Waals surface area (Å²) in [5, 5.41) is 3.33. The van der Waals surface area contributed by atoms with E-state index >= 15 is 4.39 Å². The molecule has 0 aliphatic carbocycles. The molecule has 0 aromatic carbocycles. The van der Waals surface area contributed by atoms with Gasteiger partial charge in [0.1, 0.15) is 0 Å². The van der Waals surface area contributed by atoms with Gasteiger partial charge in [0, 0.05) is 62.8 Å². The second-order valence-electron chi connectivity index (χ2n) is 7.81. The number of hydrogen-bond donors (Lipinski definition) is 1. The largest absolute Gasteiger partial charge is 0.367 e. The molecule has 4 heterocycles. The molecular formula is C22H24F2N6O. The van der Waals surface area contributed by atoms with Gasteiger partial charge in [-0.2, -0.15) is 0 Å². The Kier molecular flexibility index (Phi) is 5.45. The van der Waals surface area contributed by atoms with Crippen LogP contribution in [-0.4, -0.2) is 45.5 Å². The van der Waals surface area contributed by atoms with Crippen LogP contribution in [0, 0.1) is 18.6 Å². The smallest absolute Gasteiger partial charge is 0.229 e. The Morgan fingerprint density at radius 3 is 2.74 bits per heavy atom. The standard InChI is InChI=1S/C22H24F2N6O/c1-13-9-28(6-5-25-13)18-8-20(24)22(30(12-18)16(4)31)27-15(3)17-7-19(23)21-26-14(2)10-29(21)11-17/h7-8,10-13,25H,3,5-6,9H2,1-2,4H3. The molecule has 1 atom stereocenters. The van der Waals surface area contributed by atoms with Crippen LogP contribution in [-0.2, 0) is 0 Å². The number of nitrogens with zero attached hydrogens (tertiary/aromatic N) is 5. The Labute approximate surface area is 178 Å². The first-order chi connectivity index (χ1) is 14.7. The van der Waals surface area contributed by atoms with Crippen LogP contribution in [0.1, 0.15) is 29.9 Å². The second-order valence-corrected chi connectivity index (χ2v) is 7.81. The summed E-state index contributed by atoms with van der Waals surface area (Å²) in [6.45, 7) is 11.2. The summed E-state index contributed by atoms with van der Waals surface area (Å²) in [5.41, 5.74) is 1.77. The van der Waals surface area contributed by atoms with Crippen LogP contribution in [0.5, 0.6) is 0 Å². The number of aromatic nitrogens is 3. The van der Waals surface area contributed by atoms with Crippen LogP contribution in [0.15, 0.2) is 42.3 Å². The van der Waals surface area contributed by atoms with Gasteiger partial charge in [-0.25, -0.2) is 18.8 Å². The summed E-state index contributed by atoms with van der Waals surface area (Å²) in [4.78, 5) is 22.7. The monoisotopic (exact) mass is 426 g/mol. The quantitative estimate of drug-likeness (QED) is 0.700. The zero-order valence-electron chi connectivity index (χ0n) is 17.7. The average Bonchev–Trinajstić information content (AvgIpc) is 3.10. The minimum absolute atomic E-state index is 0.129. The Morgan fingerprint density at radius 2 is 2.03 bits per heavy atom. The third-order valence-corrected chi connectivity index (χ3v) is 5.25. The van der Waals surface area contributed by atoms with E-state index in [-0.39, 0.29) is 28.8 Å². The predicted molar refractivity (Wildman–Crippen MR) is 115 cm³/mol. The van der Waals surface area contributed by atoms with Crippen molar-refractivity contribution in [2.24, 2.45) is 4.99 Å². The molecule has 0 radical (unpaired) electrons. The van der Waals surface area contributed by atoms with Gasteiger partial charge in [-0.05, 0) is 19.9 Å². The molecule has 3 aromatic heterocycles. The number of rotatable bonds is 3. The van der Waals surface area contributed by atoms with Crippen LogP contribution >= 0.6 is 0 Å². The highest BCUT2D eigenvalue weighted by Gasteiger charge is 2.19. The van der Waals surface area contributed by atoms with E-state index in [2.05, 4.69) is 21.9 Å². The predicted octanol–water partition coefficient (Wildman–Crippen LogP) is 2.75. The number of nitrogens with one attached hydrogen (secondary N) is 1. The fraction of sp³-hybridized carbons (Fsp3) is 0.318. The maximum atomic E-state index is 15.1. The number of hydrogen-bond acceptors (Lipinski definition) is 5. The summed E-state index contributed by atoms with van der Waals surface area (Å²) in [6, 6.07) is 2.87. The summed E-state index contributed by atoms with van der Waals surface area (Å²) >= 11 is 0. The Balaban J connectivity index is 1.77. The molecule has 7 nitrogen and oxygen atoms in total. The normalized spacial score (nSPS) is 17.4. The maximum absolute atomic E-state index is 15.1. The van der Waals surface area contributed by atoms with E-state index in [1.54, 1.807) is 25.5 Å². The van der Waals surface area contributed by atoms with Gasteiger partial charge in [0.25, 0.3) is 0 Å². The van der Waals surface area contributed by atoms with E-state index in [9.17, 15) is 9.18 Å². The zero-order chi connectivity index (χ0) is 22.3. The lowest BCUT2D eigenvalue weighted by Gasteiger charge is -2.33. The van der Waals surface area contributed by atoms with Gasteiger partial charge in [0.15, 0.2) is 22.8 Å². The van der Waals surface area contributed by atoms with E-state index in [4.69, 9.17) is 0 Å². The highest BCUT2D eigenvalue weighted by Crippen LogP contribution is 2.20. The first kappa shape index (κ1) is 20.9. The van der Waals surface area contributed by atoms with Crippen LogP contribution in [0.4, 0.5) is 14.5 Å². The molecular weight excluding hydrogens is 402 g/mol. The molecule has 162 valence electrons. The van der Waals surface area contributed by atoms with Crippen molar-refractivity contribution in [1.29, 1.82) is 0 Å². The number of carbonyl (C=O) groups is 1. The Bertz CT molecular complexity index is 1260. The van der Waals surface area contributed by atoms with Gasteiger partial charge in [0.2, 0.25) is 5.91 Å². The van der Waals surface area contributed by atoms with Crippen molar-refractivity contribution in [1.82, 2.24) is 19.3 Å². The number of pyridine rings is 2. The van der Waals surface area contributed by atoms with Crippen LogP contribution < -0.4 is 15.7 Å². The van der Waals surface area contributed by atoms with Crippen molar-refractivity contribution in [3.05, 3.63) is 65.7 Å². The number of halogens is 2. The Hall–Kier alpha value is -3.33. The number of fused-ring (bicyclic) bond motifs is 1. The molecule has 31 heavy (non-hydrogen) atoms. The van der Waals surface area contributed by atoms with Crippen molar-refractivity contribution in [2.45, 2.75) is 26.8 Å². The minimum atomic E-state index is -0.653. The lowest BCUT2D eigenvalue weighted by molar-refractivity contribution is 0.0929. The summed E-state index contributed by atoms with van der Waals surface area (Å²) in [5.74, 6) is -1.58. The van der Waals surface area contributed by atoms with E-state index in [0.717, 1.165) is 6.54 Å². The van der Waals surface area contributed by atoms with E-state index < -0.39 is 11.6 Å². The first-order valence-corrected chi connectivity index (χ1v) is 10.0. The van der Waals surface area contributed by atoms with Gasteiger partial charge < -0.3 is 14.6 Å².